The van der Waals surface area contributed by atoms with Gasteiger partial charge in [0, 0.05) is 25.5 Å². The van der Waals surface area contributed by atoms with E-state index in [1.54, 1.807) is 12.4 Å². The topological polar surface area (TPSA) is 95.5 Å². The Morgan fingerprint density at radius 3 is 2.44 bits per heavy atom. The molecule has 3 heterocycles. The van der Waals surface area contributed by atoms with Crippen LogP contribution in [0.15, 0.2) is 36.7 Å². The van der Waals surface area contributed by atoms with Crippen molar-refractivity contribution in [1.29, 1.82) is 0 Å². The number of nitrogens with zero attached hydrogens (tertiary/aromatic N) is 6. The number of hydrogen-bond donors (Lipinski definition) is 2. The molecule has 1 aliphatic heterocycles. The average Bonchev–Trinajstić information content (AvgIpc) is 3.24. The van der Waals surface area contributed by atoms with Gasteiger partial charge in [-0.25, -0.2) is 14.4 Å². The van der Waals surface area contributed by atoms with Crippen molar-refractivity contribution in [1.82, 2.24) is 35.5 Å². The zero-order chi connectivity index (χ0) is 18.7. The lowest BCUT2D eigenvalue weighted by molar-refractivity contribution is 0.180. The Bertz CT molecular complexity index is 855. The minimum atomic E-state index is -0.326. The van der Waals surface area contributed by atoms with Crippen molar-refractivity contribution in [3.63, 3.8) is 0 Å². The summed E-state index contributed by atoms with van der Waals surface area (Å²) in [5.41, 5.74) is 1.41. The zero-order valence-electron chi connectivity index (χ0n) is 15.1. The van der Waals surface area contributed by atoms with E-state index in [1.807, 2.05) is 12.1 Å². The number of tetrazole rings is 1. The molecule has 0 radical (unpaired) electrons. The van der Waals surface area contributed by atoms with Crippen molar-refractivity contribution < 1.29 is 4.39 Å². The van der Waals surface area contributed by atoms with E-state index >= 15 is 0 Å². The summed E-state index contributed by atoms with van der Waals surface area (Å²) in [7, 11) is 0. The molecule has 4 rings (SSSR count). The number of halogens is 1. The molecule has 1 aromatic carbocycles. The first-order valence-corrected chi connectivity index (χ1v) is 9.01. The number of aromatic nitrogens is 6. The van der Waals surface area contributed by atoms with Gasteiger partial charge >= 0.3 is 0 Å². The Labute approximate surface area is 156 Å². The van der Waals surface area contributed by atoms with Gasteiger partial charge in [-0.1, -0.05) is 19.1 Å². The van der Waals surface area contributed by atoms with E-state index in [9.17, 15) is 4.39 Å². The summed E-state index contributed by atoms with van der Waals surface area (Å²) in [6, 6.07) is 6.70. The Morgan fingerprint density at radius 1 is 1.15 bits per heavy atom. The highest BCUT2D eigenvalue weighted by Crippen LogP contribution is 2.36. The van der Waals surface area contributed by atoms with Crippen molar-refractivity contribution in [3.05, 3.63) is 48.0 Å². The smallest absolute Gasteiger partial charge is 0.223 e. The lowest BCUT2D eigenvalue weighted by atomic mass is 9.81. The van der Waals surface area contributed by atoms with Gasteiger partial charge in [-0.15, -0.1) is 10.2 Å². The number of hydrogen-bond acceptors (Lipinski definition) is 7. The fraction of sp³-hybridized carbons (Fsp3) is 0.389. The maximum atomic E-state index is 13.4. The molecule has 8 nitrogen and oxygen atoms in total. The third kappa shape index (κ3) is 3.63. The molecule has 0 aliphatic carbocycles. The maximum absolute atomic E-state index is 13.4. The molecule has 3 aromatic rings. The summed E-state index contributed by atoms with van der Waals surface area (Å²) in [6.07, 6.45) is 5.12. The molecule has 0 bridgehead atoms. The Balaban J connectivity index is 1.60. The van der Waals surface area contributed by atoms with Gasteiger partial charge in [-0.3, -0.25) is 0 Å². The van der Waals surface area contributed by atoms with Crippen molar-refractivity contribution in [2.75, 3.05) is 25.0 Å². The van der Waals surface area contributed by atoms with Crippen LogP contribution in [0.1, 0.15) is 25.3 Å². The summed E-state index contributed by atoms with van der Waals surface area (Å²) in [5, 5.41) is 17.3. The van der Waals surface area contributed by atoms with Crippen LogP contribution < -0.4 is 5.32 Å². The normalized spacial score (nSPS) is 17.0. The number of H-pyrrole nitrogens is 1. The van der Waals surface area contributed by atoms with Crippen LogP contribution in [-0.4, -0.2) is 55.1 Å². The molecule has 0 saturated carbocycles. The lowest BCUT2D eigenvalue weighted by Gasteiger charge is -2.42. The molecule has 9 heteroatoms. The molecule has 1 saturated heterocycles. The predicted molar refractivity (Wildman–Crippen MR) is 98.3 cm³/mol. The number of anilines is 1. The number of aromatic amines is 1. The fourth-order valence-corrected chi connectivity index (χ4v) is 3.51. The summed E-state index contributed by atoms with van der Waals surface area (Å²) in [6.45, 7) is 5.11. The quantitative estimate of drug-likeness (QED) is 0.713. The molecule has 1 fully saturated rings. The minimum Gasteiger partial charge on any atom is -0.345 e. The molecule has 0 amide bonds. The van der Waals surface area contributed by atoms with Crippen LogP contribution in [0.25, 0.3) is 11.4 Å². The van der Waals surface area contributed by atoms with E-state index in [0.717, 1.165) is 38.0 Å². The van der Waals surface area contributed by atoms with E-state index in [0.29, 0.717) is 17.3 Å². The summed E-state index contributed by atoms with van der Waals surface area (Å²) in [5.74, 6) is 0.739. The van der Waals surface area contributed by atoms with Crippen LogP contribution in [0.3, 0.4) is 0 Å². The molecule has 2 aromatic heterocycles. The number of nitrogens with one attached hydrogen (secondary N) is 2. The zero-order valence-corrected chi connectivity index (χ0v) is 15.1. The van der Waals surface area contributed by atoms with Crippen molar-refractivity contribution in [3.8, 4) is 11.4 Å². The highest BCUT2D eigenvalue weighted by atomic mass is 19.1. The van der Waals surface area contributed by atoms with Crippen molar-refractivity contribution >= 4 is 5.95 Å². The second kappa shape index (κ2) is 7.36. The van der Waals surface area contributed by atoms with Gasteiger partial charge < -0.3 is 10.2 Å². The molecular weight excluding hydrogens is 347 g/mol. The third-order valence-electron chi connectivity index (χ3n) is 5.16. The number of likely N-dealkylation sites (tertiary alicyclic amines) is 1. The van der Waals surface area contributed by atoms with Crippen LogP contribution in [0.5, 0.6) is 0 Å². The van der Waals surface area contributed by atoms with Gasteiger partial charge in [0.15, 0.2) is 0 Å². The highest BCUT2D eigenvalue weighted by Gasteiger charge is 2.36. The number of rotatable bonds is 5. The maximum Gasteiger partial charge on any atom is 0.223 e. The third-order valence-corrected chi connectivity index (χ3v) is 5.16. The van der Waals surface area contributed by atoms with E-state index < -0.39 is 0 Å². The van der Waals surface area contributed by atoms with Crippen LogP contribution in [0.2, 0.25) is 0 Å². The Hall–Kier alpha value is -2.94. The van der Waals surface area contributed by atoms with Crippen LogP contribution in [0, 0.1) is 5.82 Å². The second-order valence-corrected chi connectivity index (χ2v) is 6.68. The molecule has 0 unspecified atom stereocenters. The van der Waals surface area contributed by atoms with Crippen LogP contribution >= 0.6 is 0 Å². The molecule has 0 atom stereocenters. The van der Waals surface area contributed by atoms with Gasteiger partial charge in [0.2, 0.25) is 11.8 Å². The first-order valence-electron chi connectivity index (χ1n) is 9.01. The largest absolute Gasteiger partial charge is 0.345 e. The predicted octanol–water partition coefficient (Wildman–Crippen LogP) is 2.22. The molecule has 0 spiro atoms. The molecular formula is C18H21FN8. The first kappa shape index (κ1) is 17.5. The van der Waals surface area contributed by atoms with E-state index in [4.69, 9.17) is 0 Å². The van der Waals surface area contributed by atoms with Crippen molar-refractivity contribution in [2.24, 2.45) is 0 Å². The Morgan fingerprint density at radius 2 is 1.85 bits per heavy atom. The summed E-state index contributed by atoms with van der Waals surface area (Å²) >= 11 is 0. The molecule has 1 aliphatic rings. The number of piperidine rings is 1. The summed E-state index contributed by atoms with van der Waals surface area (Å²) < 4.78 is 13.4. The van der Waals surface area contributed by atoms with E-state index in [1.165, 1.54) is 12.1 Å². The Kier molecular flexibility index (Phi) is 4.76. The number of benzene rings is 1. The van der Waals surface area contributed by atoms with E-state index in [-0.39, 0.29) is 11.4 Å². The van der Waals surface area contributed by atoms with Crippen molar-refractivity contribution in [2.45, 2.75) is 25.3 Å². The molecule has 140 valence electrons. The first-order chi connectivity index (χ1) is 13.2. The molecule has 27 heavy (non-hydrogen) atoms. The van der Waals surface area contributed by atoms with Gasteiger partial charge in [0.05, 0.1) is 11.1 Å². The van der Waals surface area contributed by atoms with Gasteiger partial charge in [0.25, 0.3) is 0 Å². The molecule has 2 N–H and O–H groups in total. The monoisotopic (exact) mass is 368 g/mol. The van der Waals surface area contributed by atoms with Gasteiger partial charge in [0.1, 0.15) is 5.82 Å². The van der Waals surface area contributed by atoms with E-state index in [2.05, 4.69) is 47.7 Å². The fourth-order valence-electron chi connectivity index (χ4n) is 3.51. The van der Waals surface area contributed by atoms with Gasteiger partial charge in [-0.05, 0) is 42.3 Å². The lowest BCUT2D eigenvalue weighted by Crippen LogP contribution is -2.47. The second-order valence-electron chi connectivity index (χ2n) is 6.68. The standard InChI is InChI=1S/C18H21FN8/c1-2-27-9-7-18(8-10-27,14-3-5-15(19)6-4-14)22-17-20-11-13(12-21-17)16-23-25-26-24-16/h3-6,11-12H,2,7-10H2,1H3,(H,20,21,22)(H,23,24,25,26). The van der Waals surface area contributed by atoms with Gasteiger partial charge in [-0.2, -0.15) is 5.21 Å². The van der Waals surface area contributed by atoms with Crippen LogP contribution in [0.4, 0.5) is 10.3 Å². The SMILES string of the molecule is CCN1CCC(Nc2ncc(-c3nn[nH]n3)cn2)(c2ccc(F)cc2)CC1. The van der Waals surface area contributed by atoms with Crippen LogP contribution in [-0.2, 0) is 5.54 Å². The summed E-state index contributed by atoms with van der Waals surface area (Å²) in [4.78, 5) is 11.3. The highest BCUT2D eigenvalue weighted by molar-refractivity contribution is 5.52. The average molecular weight is 368 g/mol. The minimum absolute atomic E-state index is 0.236.